The summed E-state index contributed by atoms with van der Waals surface area (Å²) in [5, 5.41) is 0. The fourth-order valence-electron chi connectivity index (χ4n) is 1.93. The van der Waals surface area contributed by atoms with Crippen LogP contribution in [0.5, 0.6) is 0 Å². The van der Waals surface area contributed by atoms with Gasteiger partial charge in [0.15, 0.2) is 0 Å². The quantitative estimate of drug-likeness (QED) is 0.640. The second-order valence-corrected chi connectivity index (χ2v) is 3.87. The second-order valence-electron chi connectivity index (χ2n) is 3.87. The molecule has 0 aliphatic carbocycles. The minimum atomic E-state index is -0.270. The molecule has 3 aromatic rings. The Morgan fingerprint density at radius 1 is 1.24 bits per heavy atom. The van der Waals surface area contributed by atoms with Crippen LogP contribution in [0, 0.1) is 5.82 Å². The van der Waals surface area contributed by atoms with Crippen LogP contribution >= 0.6 is 0 Å². The lowest BCUT2D eigenvalue weighted by molar-refractivity contribution is 0.629. The predicted molar refractivity (Wildman–Crippen MR) is 63.9 cm³/mol. The third-order valence-electron chi connectivity index (χ3n) is 2.76. The van der Waals surface area contributed by atoms with Crippen LogP contribution in [0.3, 0.4) is 0 Å². The molecule has 84 valence electrons. The number of nitrogens with zero attached hydrogens (tertiary/aromatic N) is 3. The molecule has 0 atom stereocenters. The Labute approximate surface area is 97.6 Å². The summed E-state index contributed by atoms with van der Waals surface area (Å²) in [6.45, 7) is 0. The third-order valence-corrected chi connectivity index (χ3v) is 2.76. The first kappa shape index (κ1) is 9.96. The number of hydrogen-bond donors (Lipinski definition) is 0. The monoisotopic (exact) mass is 227 g/mol. The molecular formula is C13H10FN3. The molecule has 0 saturated carbocycles. The molecule has 0 bridgehead atoms. The Hall–Kier alpha value is -2.23. The van der Waals surface area contributed by atoms with Gasteiger partial charge in [0.2, 0.25) is 0 Å². The maximum Gasteiger partial charge on any atom is 0.142 e. The summed E-state index contributed by atoms with van der Waals surface area (Å²) in [6, 6.07) is 8.41. The number of fused-ring (bicyclic) bond motifs is 1. The van der Waals surface area contributed by atoms with Gasteiger partial charge in [-0.2, -0.15) is 0 Å². The average molecular weight is 227 g/mol. The smallest absolute Gasteiger partial charge is 0.142 e. The van der Waals surface area contributed by atoms with Crippen LogP contribution in [0.15, 0.2) is 42.7 Å². The van der Waals surface area contributed by atoms with Gasteiger partial charge >= 0.3 is 0 Å². The topological polar surface area (TPSA) is 30.7 Å². The van der Waals surface area contributed by atoms with Crippen molar-refractivity contribution in [3.8, 4) is 11.4 Å². The first-order valence-electron chi connectivity index (χ1n) is 5.28. The van der Waals surface area contributed by atoms with Gasteiger partial charge in [0, 0.05) is 31.1 Å². The molecule has 0 fully saturated rings. The van der Waals surface area contributed by atoms with Crippen molar-refractivity contribution < 1.29 is 4.39 Å². The average Bonchev–Trinajstić information content (AvgIpc) is 2.67. The predicted octanol–water partition coefficient (Wildman–Crippen LogP) is 2.77. The Bertz CT molecular complexity index is 674. The number of pyridine rings is 1. The summed E-state index contributed by atoms with van der Waals surface area (Å²) in [5.74, 6) is 0.520. The SMILES string of the molecule is Cn1c(-c2cccnc2)nc2cc(F)ccc21. The van der Waals surface area contributed by atoms with E-state index in [1.165, 1.54) is 12.1 Å². The van der Waals surface area contributed by atoms with E-state index in [9.17, 15) is 4.39 Å². The number of hydrogen-bond acceptors (Lipinski definition) is 2. The van der Waals surface area contributed by atoms with Gasteiger partial charge in [-0.25, -0.2) is 9.37 Å². The van der Waals surface area contributed by atoms with Crippen molar-refractivity contribution in [3.05, 3.63) is 48.5 Å². The molecule has 0 amide bonds. The Morgan fingerprint density at radius 3 is 2.88 bits per heavy atom. The summed E-state index contributed by atoms with van der Waals surface area (Å²) in [7, 11) is 1.91. The van der Waals surface area contributed by atoms with E-state index in [0.29, 0.717) is 5.52 Å². The zero-order valence-corrected chi connectivity index (χ0v) is 9.26. The fraction of sp³-hybridized carbons (Fsp3) is 0.0769. The lowest BCUT2D eigenvalue weighted by atomic mass is 10.3. The van der Waals surface area contributed by atoms with Crippen LogP contribution in [0.2, 0.25) is 0 Å². The molecule has 0 saturated heterocycles. The largest absolute Gasteiger partial charge is 0.327 e. The molecule has 4 heteroatoms. The highest BCUT2D eigenvalue weighted by atomic mass is 19.1. The molecule has 2 heterocycles. The summed E-state index contributed by atoms with van der Waals surface area (Å²) < 4.78 is 15.1. The lowest BCUT2D eigenvalue weighted by Crippen LogP contribution is -1.92. The van der Waals surface area contributed by atoms with Gasteiger partial charge in [0.05, 0.1) is 11.0 Å². The van der Waals surface area contributed by atoms with Crippen LogP contribution in [0.4, 0.5) is 4.39 Å². The zero-order chi connectivity index (χ0) is 11.8. The zero-order valence-electron chi connectivity index (χ0n) is 9.26. The van der Waals surface area contributed by atoms with Crippen molar-refractivity contribution >= 4 is 11.0 Å². The molecule has 0 unspecified atom stereocenters. The third kappa shape index (κ3) is 1.58. The molecule has 0 aliphatic heterocycles. The van der Waals surface area contributed by atoms with E-state index in [1.807, 2.05) is 23.7 Å². The van der Waals surface area contributed by atoms with Gasteiger partial charge in [-0.3, -0.25) is 4.98 Å². The van der Waals surface area contributed by atoms with Crippen molar-refractivity contribution in [1.29, 1.82) is 0 Å². The number of aromatic nitrogens is 3. The molecule has 1 aromatic carbocycles. The van der Waals surface area contributed by atoms with Crippen molar-refractivity contribution in [3.63, 3.8) is 0 Å². The highest BCUT2D eigenvalue weighted by molar-refractivity contribution is 5.80. The fourth-order valence-corrected chi connectivity index (χ4v) is 1.93. The molecule has 3 rings (SSSR count). The maximum absolute atomic E-state index is 13.1. The molecule has 0 aliphatic rings. The van der Waals surface area contributed by atoms with Gasteiger partial charge in [-0.05, 0) is 24.3 Å². The Morgan fingerprint density at radius 2 is 2.12 bits per heavy atom. The minimum absolute atomic E-state index is 0.270. The molecule has 17 heavy (non-hydrogen) atoms. The van der Waals surface area contributed by atoms with Crippen LogP contribution in [-0.4, -0.2) is 14.5 Å². The molecule has 3 nitrogen and oxygen atoms in total. The van der Waals surface area contributed by atoms with E-state index in [2.05, 4.69) is 9.97 Å². The molecule has 0 spiro atoms. The highest BCUT2D eigenvalue weighted by Gasteiger charge is 2.09. The number of halogens is 1. The van der Waals surface area contributed by atoms with Gasteiger partial charge < -0.3 is 4.57 Å². The van der Waals surface area contributed by atoms with Crippen LogP contribution in [0.1, 0.15) is 0 Å². The van der Waals surface area contributed by atoms with Gasteiger partial charge in [-0.1, -0.05) is 0 Å². The summed E-state index contributed by atoms with van der Waals surface area (Å²) in [4.78, 5) is 8.49. The standard InChI is InChI=1S/C13H10FN3/c1-17-12-5-4-10(14)7-11(12)16-13(17)9-3-2-6-15-8-9/h2-8H,1H3. The molecular weight excluding hydrogens is 217 g/mol. The van der Waals surface area contributed by atoms with E-state index >= 15 is 0 Å². The van der Waals surface area contributed by atoms with E-state index in [-0.39, 0.29) is 5.82 Å². The van der Waals surface area contributed by atoms with Gasteiger partial charge in [0.25, 0.3) is 0 Å². The number of aryl methyl sites for hydroxylation is 1. The molecule has 2 aromatic heterocycles. The van der Waals surface area contributed by atoms with Gasteiger partial charge in [-0.15, -0.1) is 0 Å². The molecule has 0 radical (unpaired) electrons. The van der Waals surface area contributed by atoms with Crippen molar-refractivity contribution in [2.24, 2.45) is 7.05 Å². The number of imidazole rings is 1. The number of benzene rings is 1. The van der Waals surface area contributed by atoms with E-state index in [4.69, 9.17) is 0 Å². The summed E-state index contributed by atoms with van der Waals surface area (Å²) in [6.07, 6.45) is 3.46. The van der Waals surface area contributed by atoms with E-state index in [0.717, 1.165) is 16.9 Å². The van der Waals surface area contributed by atoms with E-state index < -0.39 is 0 Å². The van der Waals surface area contributed by atoms with Crippen LogP contribution in [0.25, 0.3) is 22.4 Å². The van der Waals surface area contributed by atoms with Crippen molar-refractivity contribution in [2.45, 2.75) is 0 Å². The first-order valence-corrected chi connectivity index (χ1v) is 5.28. The summed E-state index contributed by atoms with van der Waals surface area (Å²) >= 11 is 0. The molecule has 0 N–H and O–H groups in total. The number of rotatable bonds is 1. The van der Waals surface area contributed by atoms with Crippen LogP contribution in [-0.2, 0) is 7.05 Å². The van der Waals surface area contributed by atoms with Crippen LogP contribution < -0.4 is 0 Å². The Kier molecular flexibility index (Phi) is 2.14. The minimum Gasteiger partial charge on any atom is -0.327 e. The first-order chi connectivity index (χ1) is 8.25. The normalized spacial score (nSPS) is 10.9. The van der Waals surface area contributed by atoms with Crippen molar-refractivity contribution in [1.82, 2.24) is 14.5 Å². The highest BCUT2D eigenvalue weighted by Crippen LogP contribution is 2.23. The summed E-state index contributed by atoms with van der Waals surface area (Å²) in [5.41, 5.74) is 2.49. The maximum atomic E-state index is 13.1. The Balaban J connectivity index is 2.28. The van der Waals surface area contributed by atoms with Crippen molar-refractivity contribution in [2.75, 3.05) is 0 Å². The van der Waals surface area contributed by atoms with E-state index in [1.54, 1.807) is 18.5 Å². The van der Waals surface area contributed by atoms with Gasteiger partial charge in [0.1, 0.15) is 11.6 Å². The lowest BCUT2D eigenvalue weighted by Gasteiger charge is -2.00. The second kappa shape index (κ2) is 3.66.